The summed E-state index contributed by atoms with van der Waals surface area (Å²) in [5.41, 5.74) is 2.25. The highest BCUT2D eigenvalue weighted by molar-refractivity contribution is 5.89. The number of carbonyl (C=O) groups excluding carboxylic acids is 1. The molecule has 1 aliphatic heterocycles. The van der Waals surface area contributed by atoms with Crippen molar-refractivity contribution >= 4 is 16.8 Å². The van der Waals surface area contributed by atoms with Crippen LogP contribution in [0.1, 0.15) is 31.2 Å². The third-order valence-electron chi connectivity index (χ3n) is 5.33. The number of hydrogen-bond acceptors (Lipinski definition) is 2. The van der Waals surface area contributed by atoms with Gasteiger partial charge in [0.25, 0.3) is 0 Å². The Bertz CT molecular complexity index is 695. The lowest BCUT2D eigenvalue weighted by molar-refractivity contribution is -0.134. The van der Waals surface area contributed by atoms with Crippen molar-refractivity contribution in [3.05, 3.63) is 36.0 Å². The van der Waals surface area contributed by atoms with Crippen LogP contribution >= 0.6 is 0 Å². The fourth-order valence-corrected chi connectivity index (χ4v) is 3.86. The first-order valence-corrected chi connectivity index (χ1v) is 8.77. The molecule has 2 fully saturated rings. The predicted molar refractivity (Wildman–Crippen MR) is 92.4 cm³/mol. The first-order chi connectivity index (χ1) is 11.2. The van der Waals surface area contributed by atoms with E-state index in [0.29, 0.717) is 24.4 Å². The summed E-state index contributed by atoms with van der Waals surface area (Å²) in [5.74, 6) is 0.312. The fraction of sp³-hybridized carbons (Fsp3) is 0.526. The average Bonchev–Trinajstić information content (AvgIpc) is 3.31. The lowest BCUT2D eigenvalue weighted by Gasteiger charge is -2.37. The summed E-state index contributed by atoms with van der Waals surface area (Å²) >= 11 is 0. The molecule has 0 unspecified atom stereocenters. The molecule has 2 aromatic rings. The monoisotopic (exact) mass is 311 g/mol. The Balaban J connectivity index is 1.52. The van der Waals surface area contributed by atoms with Gasteiger partial charge in [-0.2, -0.15) is 0 Å². The van der Waals surface area contributed by atoms with Crippen molar-refractivity contribution < 1.29 is 4.79 Å². The third-order valence-corrected chi connectivity index (χ3v) is 5.33. The first-order valence-electron chi connectivity index (χ1n) is 8.77. The van der Waals surface area contributed by atoms with Gasteiger partial charge in [-0.3, -0.25) is 4.79 Å². The van der Waals surface area contributed by atoms with Crippen LogP contribution in [0.5, 0.6) is 0 Å². The van der Waals surface area contributed by atoms with Crippen LogP contribution in [0.25, 0.3) is 10.9 Å². The van der Waals surface area contributed by atoms with E-state index in [-0.39, 0.29) is 0 Å². The topological polar surface area (TPSA) is 39.3 Å². The summed E-state index contributed by atoms with van der Waals surface area (Å²) in [6, 6.07) is 9.18. The minimum Gasteiger partial charge on any atom is -0.361 e. The number of benzene rings is 1. The van der Waals surface area contributed by atoms with E-state index < -0.39 is 0 Å². The molecule has 2 aliphatic rings. The molecular formula is C19H25N3O. The van der Waals surface area contributed by atoms with Gasteiger partial charge in [-0.1, -0.05) is 18.2 Å². The third kappa shape index (κ3) is 3.00. The number of hydrogen-bond donors (Lipinski definition) is 1. The van der Waals surface area contributed by atoms with Crippen molar-refractivity contribution in [2.45, 2.75) is 44.2 Å². The highest BCUT2D eigenvalue weighted by atomic mass is 16.2. The summed E-state index contributed by atoms with van der Waals surface area (Å²) in [4.78, 5) is 20.9. The Kier molecular flexibility index (Phi) is 3.85. The van der Waals surface area contributed by atoms with Crippen LogP contribution in [0.15, 0.2) is 30.5 Å². The van der Waals surface area contributed by atoms with Gasteiger partial charge in [0, 0.05) is 29.2 Å². The van der Waals surface area contributed by atoms with Crippen LogP contribution in [0.3, 0.4) is 0 Å². The number of H-pyrrole nitrogens is 1. The zero-order chi connectivity index (χ0) is 15.8. The zero-order valence-electron chi connectivity index (χ0n) is 13.8. The molecule has 1 aliphatic carbocycles. The number of nitrogens with zero attached hydrogens (tertiary/aromatic N) is 2. The molecule has 122 valence electrons. The molecule has 1 saturated carbocycles. The molecule has 0 radical (unpaired) electrons. The molecule has 1 saturated heterocycles. The number of carbonyl (C=O) groups is 1. The summed E-state index contributed by atoms with van der Waals surface area (Å²) in [6.45, 7) is 2.21. The molecule has 23 heavy (non-hydrogen) atoms. The second-order valence-corrected chi connectivity index (χ2v) is 7.10. The highest BCUT2D eigenvalue weighted by Crippen LogP contribution is 2.32. The standard InChI is InChI=1S/C19H25N3O/c1-21-10-8-16(9-11-21)22(15-6-7-15)19(23)12-14-13-20-18-5-3-2-4-17(14)18/h2-5,13,15-16,20H,6-12H2,1H3. The van der Waals surface area contributed by atoms with E-state index in [1.54, 1.807) is 0 Å². The van der Waals surface area contributed by atoms with Gasteiger partial charge in [0.1, 0.15) is 0 Å². The zero-order valence-corrected chi connectivity index (χ0v) is 13.8. The summed E-state index contributed by atoms with van der Waals surface area (Å²) in [5, 5.41) is 1.18. The molecule has 2 heterocycles. The molecule has 0 atom stereocenters. The fourth-order valence-electron chi connectivity index (χ4n) is 3.86. The molecule has 4 nitrogen and oxygen atoms in total. The van der Waals surface area contributed by atoms with Crippen molar-refractivity contribution in [1.29, 1.82) is 0 Å². The van der Waals surface area contributed by atoms with Crippen LogP contribution in [-0.4, -0.2) is 52.9 Å². The lowest BCUT2D eigenvalue weighted by Crippen LogP contribution is -2.48. The summed E-state index contributed by atoms with van der Waals surface area (Å²) in [6.07, 6.45) is 7.13. The number of piperidine rings is 1. The Hall–Kier alpha value is -1.81. The summed E-state index contributed by atoms with van der Waals surface area (Å²) < 4.78 is 0. The maximum Gasteiger partial charge on any atom is 0.227 e. The Morgan fingerprint density at radius 2 is 1.87 bits per heavy atom. The maximum absolute atomic E-state index is 13.0. The Morgan fingerprint density at radius 1 is 1.17 bits per heavy atom. The Morgan fingerprint density at radius 3 is 2.61 bits per heavy atom. The highest BCUT2D eigenvalue weighted by Gasteiger charge is 2.38. The maximum atomic E-state index is 13.0. The van der Waals surface area contributed by atoms with Crippen molar-refractivity contribution in [3.63, 3.8) is 0 Å². The van der Waals surface area contributed by atoms with Gasteiger partial charge < -0.3 is 14.8 Å². The Labute approximate surface area is 137 Å². The number of aromatic nitrogens is 1. The molecule has 0 bridgehead atoms. The molecule has 4 heteroatoms. The quantitative estimate of drug-likeness (QED) is 0.943. The van der Waals surface area contributed by atoms with Crippen molar-refractivity contribution in [2.24, 2.45) is 0 Å². The van der Waals surface area contributed by atoms with Crippen LogP contribution < -0.4 is 0 Å². The number of para-hydroxylation sites is 1. The van der Waals surface area contributed by atoms with Gasteiger partial charge in [-0.05, 0) is 57.5 Å². The number of amides is 1. The molecule has 1 N–H and O–H groups in total. The molecule has 0 spiro atoms. The second-order valence-electron chi connectivity index (χ2n) is 7.10. The van der Waals surface area contributed by atoms with Crippen LogP contribution in [0, 0.1) is 0 Å². The molecule has 1 aromatic carbocycles. The van der Waals surface area contributed by atoms with Gasteiger partial charge in [-0.15, -0.1) is 0 Å². The van der Waals surface area contributed by atoms with E-state index in [1.807, 2.05) is 18.3 Å². The lowest BCUT2D eigenvalue weighted by atomic mass is 10.0. The SMILES string of the molecule is CN1CCC(N(C(=O)Cc2c[nH]c3ccccc23)C2CC2)CC1. The normalized spacial score (nSPS) is 20.0. The average molecular weight is 311 g/mol. The minimum atomic E-state index is 0.312. The molecule has 1 amide bonds. The van der Waals surface area contributed by atoms with Crippen LogP contribution in [-0.2, 0) is 11.2 Å². The van der Waals surface area contributed by atoms with Crippen LogP contribution in [0.4, 0.5) is 0 Å². The molecule has 4 rings (SSSR count). The predicted octanol–water partition coefficient (Wildman–Crippen LogP) is 2.80. The van der Waals surface area contributed by atoms with Gasteiger partial charge in [-0.25, -0.2) is 0 Å². The summed E-state index contributed by atoms with van der Waals surface area (Å²) in [7, 11) is 2.17. The van der Waals surface area contributed by atoms with E-state index in [4.69, 9.17) is 0 Å². The van der Waals surface area contributed by atoms with E-state index in [0.717, 1.165) is 37.0 Å². The van der Waals surface area contributed by atoms with E-state index in [2.05, 4.69) is 34.0 Å². The van der Waals surface area contributed by atoms with Crippen molar-refractivity contribution in [3.8, 4) is 0 Å². The van der Waals surface area contributed by atoms with E-state index >= 15 is 0 Å². The first kappa shape index (κ1) is 14.8. The van der Waals surface area contributed by atoms with Crippen LogP contribution in [0.2, 0.25) is 0 Å². The number of rotatable bonds is 4. The second kappa shape index (κ2) is 6.00. The number of likely N-dealkylation sites (tertiary alicyclic amines) is 1. The molecule has 1 aromatic heterocycles. The van der Waals surface area contributed by atoms with Gasteiger partial charge in [0.2, 0.25) is 5.91 Å². The van der Waals surface area contributed by atoms with E-state index in [1.165, 1.54) is 18.2 Å². The van der Waals surface area contributed by atoms with Gasteiger partial charge in [0.05, 0.1) is 6.42 Å². The van der Waals surface area contributed by atoms with Crippen molar-refractivity contribution in [2.75, 3.05) is 20.1 Å². The van der Waals surface area contributed by atoms with Gasteiger partial charge >= 0.3 is 0 Å². The number of nitrogens with one attached hydrogen (secondary N) is 1. The number of fused-ring (bicyclic) bond motifs is 1. The molecular weight excluding hydrogens is 286 g/mol. The van der Waals surface area contributed by atoms with E-state index in [9.17, 15) is 4.79 Å². The largest absolute Gasteiger partial charge is 0.361 e. The number of aromatic amines is 1. The van der Waals surface area contributed by atoms with Gasteiger partial charge in [0.15, 0.2) is 0 Å². The smallest absolute Gasteiger partial charge is 0.227 e. The minimum absolute atomic E-state index is 0.312. The van der Waals surface area contributed by atoms with Crippen molar-refractivity contribution in [1.82, 2.24) is 14.8 Å².